The van der Waals surface area contributed by atoms with Crippen LogP contribution in [0.3, 0.4) is 0 Å². The average Bonchev–Trinajstić information content (AvgIpc) is 2.85. The number of methoxy groups -OCH3 is 1. The Labute approximate surface area is 251 Å². The third-order valence-corrected chi connectivity index (χ3v) is 11.9. The van der Waals surface area contributed by atoms with Crippen LogP contribution in [0, 0.1) is 5.82 Å². The minimum atomic E-state index is -2.51. The van der Waals surface area contributed by atoms with Crippen molar-refractivity contribution in [2.75, 3.05) is 13.7 Å². The first-order chi connectivity index (χ1) is 19.7. The van der Waals surface area contributed by atoms with Gasteiger partial charge in [-0.2, -0.15) is 0 Å². The minimum absolute atomic E-state index is 0.0506. The van der Waals surface area contributed by atoms with Crippen LogP contribution < -0.4 is 10.3 Å². The van der Waals surface area contributed by atoms with Crippen LogP contribution in [0.25, 0.3) is 10.9 Å². The van der Waals surface area contributed by atoms with E-state index in [0.29, 0.717) is 10.9 Å². The Bertz CT molecular complexity index is 1570. The molecule has 0 radical (unpaired) electrons. The van der Waals surface area contributed by atoms with Crippen molar-refractivity contribution in [1.29, 1.82) is 0 Å². The number of pyridine rings is 1. The van der Waals surface area contributed by atoms with Crippen molar-refractivity contribution in [1.82, 2.24) is 9.88 Å². The van der Waals surface area contributed by atoms with E-state index in [1.165, 1.54) is 30.2 Å². The summed E-state index contributed by atoms with van der Waals surface area (Å²) in [6.45, 7) is 15.3. The van der Waals surface area contributed by atoms with Crippen molar-refractivity contribution in [3.05, 3.63) is 69.3 Å². The Morgan fingerprint density at radius 3 is 2.28 bits per heavy atom. The lowest BCUT2D eigenvalue weighted by atomic mass is 10.0. The number of halogens is 1. The molecule has 1 amide bonds. The van der Waals surface area contributed by atoms with Gasteiger partial charge in [0.2, 0.25) is 5.56 Å². The zero-order valence-electron chi connectivity index (χ0n) is 26.1. The Morgan fingerprint density at radius 2 is 1.72 bits per heavy atom. The highest BCUT2D eigenvalue weighted by Crippen LogP contribution is 2.42. The van der Waals surface area contributed by atoms with E-state index >= 15 is 0 Å². The molecule has 43 heavy (non-hydrogen) atoms. The number of amides is 1. The number of hydrogen-bond acceptors (Lipinski definition) is 7. The number of nitrogens with zero attached hydrogens (tertiary/aromatic N) is 1. The van der Waals surface area contributed by atoms with E-state index in [9.17, 15) is 29.0 Å². The lowest BCUT2D eigenvalue weighted by molar-refractivity contribution is 0.0137. The molecule has 2 aromatic carbocycles. The fourth-order valence-electron chi connectivity index (χ4n) is 4.32. The van der Waals surface area contributed by atoms with E-state index in [2.05, 4.69) is 38.8 Å². The molecule has 0 aliphatic carbocycles. The number of aromatic hydroxyl groups is 1. The van der Waals surface area contributed by atoms with E-state index in [1.54, 1.807) is 32.9 Å². The molecule has 3 rings (SSSR count). The van der Waals surface area contributed by atoms with Crippen LogP contribution in [-0.4, -0.2) is 59.7 Å². The highest BCUT2D eigenvalue weighted by Gasteiger charge is 2.41. The monoisotopic (exact) mass is 616 g/mol. The number of fused-ring (bicyclic) bond motifs is 1. The van der Waals surface area contributed by atoms with E-state index in [4.69, 9.17) is 13.9 Å². The molecule has 234 valence electrons. The first-order valence-corrected chi connectivity index (χ1v) is 16.7. The summed E-state index contributed by atoms with van der Waals surface area (Å²) < 4.78 is 32.7. The van der Waals surface area contributed by atoms with Crippen LogP contribution in [-0.2, 0) is 15.7 Å². The molecule has 0 spiro atoms. The number of ether oxygens (including phenoxy) is 2. The van der Waals surface area contributed by atoms with E-state index < -0.39 is 49.0 Å². The van der Waals surface area contributed by atoms with Crippen LogP contribution in [0.4, 0.5) is 9.18 Å². The SMILES string of the molecule is COc1cc(CN(C[C@H](O[Si](C)(C)C(C)(C)C)c2ccc(O)c3[nH]c(=O)ccc23)C(=O)OC(C)(C)C)cc(F)c1C(=O)O. The van der Waals surface area contributed by atoms with Crippen LogP contribution in [0.1, 0.15) is 69.1 Å². The van der Waals surface area contributed by atoms with Gasteiger partial charge in [0.25, 0.3) is 0 Å². The second kappa shape index (κ2) is 12.4. The zero-order valence-corrected chi connectivity index (χ0v) is 27.1. The summed E-state index contributed by atoms with van der Waals surface area (Å²) in [6, 6.07) is 8.50. The van der Waals surface area contributed by atoms with Gasteiger partial charge in [0.05, 0.1) is 25.3 Å². The van der Waals surface area contributed by atoms with Gasteiger partial charge >= 0.3 is 12.1 Å². The molecule has 3 N–H and O–H groups in total. The lowest BCUT2D eigenvalue weighted by Crippen LogP contribution is -2.45. The maximum Gasteiger partial charge on any atom is 0.410 e. The number of carboxylic acids is 1. The Morgan fingerprint density at radius 1 is 1.07 bits per heavy atom. The van der Waals surface area contributed by atoms with Crippen molar-refractivity contribution >= 4 is 31.3 Å². The molecule has 3 aromatic rings. The number of aromatic carboxylic acids is 1. The molecule has 10 nitrogen and oxygen atoms in total. The summed E-state index contributed by atoms with van der Waals surface area (Å²) in [6.07, 6.45) is -1.46. The maximum absolute atomic E-state index is 14.9. The summed E-state index contributed by atoms with van der Waals surface area (Å²) in [5.74, 6) is -2.79. The number of rotatable bonds is 9. The first kappa shape index (κ1) is 33.6. The van der Waals surface area contributed by atoms with Crippen molar-refractivity contribution < 1.29 is 38.1 Å². The number of aromatic amines is 1. The fourth-order valence-corrected chi connectivity index (χ4v) is 5.58. The number of phenols is 1. The van der Waals surface area contributed by atoms with Gasteiger partial charge in [-0.05, 0) is 74.3 Å². The van der Waals surface area contributed by atoms with Crippen molar-refractivity contribution in [3.8, 4) is 11.5 Å². The quantitative estimate of drug-likeness (QED) is 0.229. The van der Waals surface area contributed by atoms with Crippen LogP contribution in [0.15, 0.2) is 41.2 Å². The predicted molar refractivity (Wildman–Crippen MR) is 164 cm³/mol. The lowest BCUT2D eigenvalue weighted by Gasteiger charge is -2.41. The number of carbonyl (C=O) groups excluding carboxylic acids is 1. The van der Waals surface area contributed by atoms with Gasteiger partial charge in [0.15, 0.2) is 8.32 Å². The number of H-pyrrole nitrogens is 1. The number of carboxylic acid groups (broad SMARTS) is 1. The van der Waals surface area contributed by atoms with Gasteiger partial charge in [-0.15, -0.1) is 0 Å². The molecule has 0 unspecified atom stereocenters. The van der Waals surface area contributed by atoms with E-state index in [1.807, 2.05) is 0 Å². The second-order valence-corrected chi connectivity index (χ2v) is 17.7. The topological polar surface area (TPSA) is 138 Å². The third-order valence-electron chi connectivity index (χ3n) is 7.46. The van der Waals surface area contributed by atoms with Crippen molar-refractivity contribution in [2.24, 2.45) is 0 Å². The molecular weight excluding hydrogens is 575 g/mol. The summed E-state index contributed by atoms with van der Waals surface area (Å²) in [7, 11) is -1.27. The molecule has 0 aliphatic heterocycles. The average molecular weight is 617 g/mol. The second-order valence-electron chi connectivity index (χ2n) is 13.0. The molecule has 1 atom stereocenters. The fraction of sp³-hybridized carbons (Fsp3) is 0.452. The number of phenolic OH excluding ortho intramolecular Hbond substituents is 1. The first-order valence-electron chi connectivity index (χ1n) is 13.8. The Hall–Kier alpha value is -3.90. The third kappa shape index (κ3) is 7.93. The molecule has 0 bridgehead atoms. The number of hydrogen-bond donors (Lipinski definition) is 3. The molecular formula is C31H41FN2O8Si. The van der Waals surface area contributed by atoms with E-state index in [0.717, 1.165) is 6.07 Å². The summed E-state index contributed by atoms with van der Waals surface area (Å²) in [4.78, 5) is 41.4. The van der Waals surface area contributed by atoms with Crippen molar-refractivity contribution in [3.63, 3.8) is 0 Å². The largest absolute Gasteiger partial charge is 0.506 e. The maximum atomic E-state index is 14.9. The molecule has 0 saturated heterocycles. The van der Waals surface area contributed by atoms with E-state index in [-0.39, 0.29) is 40.7 Å². The van der Waals surface area contributed by atoms with Gasteiger partial charge < -0.3 is 34.0 Å². The number of nitrogens with one attached hydrogen (secondary N) is 1. The highest BCUT2D eigenvalue weighted by molar-refractivity contribution is 6.74. The molecule has 12 heteroatoms. The van der Waals surface area contributed by atoms with Crippen LogP contribution in [0.2, 0.25) is 18.1 Å². The number of benzene rings is 2. The van der Waals surface area contributed by atoms with Crippen LogP contribution in [0.5, 0.6) is 11.5 Å². The summed E-state index contributed by atoms with van der Waals surface area (Å²) in [5, 5.41) is 20.3. The molecule has 1 aromatic heterocycles. The Balaban J connectivity index is 2.19. The number of aromatic nitrogens is 1. The zero-order chi connectivity index (χ0) is 32.5. The van der Waals surface area contributed by atoms with Crippen LogP contribution >= 0.6 is 0 Å². The molecule has 1 heterocycles. The van der Waals surface area contributed by atoms with Gasteiger partial charge in [-0.1, -0.05) is 26.8 Å². The highest BCUT2D eigenvalue weighted by atomic mass is 28.4. The van der Waals surface area contributed by atoms with Gasteiger partial charge in [-0.3, -0.25) is 4.79 Å². The number of carbonyl (C=O) groups is 2. The summed E-state index contributed by atoms with van der Waals surface area (Å²) in [5.41, 5.74) is -0.736. The van der Waals surface area contributed by atoms with Crippen molar-refractivity contribution in [2.45, 2.75) is 77.9 Å². The normalized spacial score (nSPS) is 13.1. The van der Waals surface area contributed by atoms with Gasteiger partial charge in [-0.25, -0.2) is 14.0 Å². The smallest absolute Gasteiger partial charge is 0.410 e. The predicted octanol–water partition coefficient (Wildman–Crippen LogP) is 6.58. The van der Waals surface area contributed by atoms with Gasteiger partial charge in [0, 0.05) is 18.0 Å². The standard InChI is InChI=1S/C31H41FN2O8Si/c1-30(2,3)41-29(39)34(16-18-14-21(32)26(28(37)38)23(15-18)40-7)17-24(42-43(8,9)31(4,5)6)19-10-12-22(35)27-20(19)11-13-25(36)33-27/h10-15,24,35H,16-17H2,1-9H3,(H,33,36)(H,37,38)/t24-/m0/s1. The molecule has 0 fully saturated rings. The Kier molecular flexibility index (Phi) is 9.67. The molecule has 0 aliphatic rings. The summed E-state index contributed by atoms with van der Waals surface area (Å²) >= 11 is 0. The molecule has 0 saturated carbocycles. The van der Waals surface area contributed by atoms with Gasteiger partial charge in [0.1, 0.15) is 28.5 Å². The minimum Gasteiger partial charge on any atom is -0.506 e.